The van der Waals surface area contributed by atoms with Crippen LogP contribution in [0.3, 0.4) is 0 Å². The second kappa shape index (κ2) is 7.80. The van der Waals surface area contributed by atoms with E-state index in [0.29, 0.717) is 6.20 Å². The zero-order chi connectivity index (χ0) is 23.2. The zero-order valence-corrected chi connectivity index (χ0v) is 15.9. The molecule has 6 radical (unpaired) electrons. The van der Waals surface area contributed by atoms with E-state index in [1.807, 2.05) is 0 Å². The number of carbonyl (C=O) groups is 2. The Labute approximate surface area is 173 Å². The maximum Gasteiger partial charge on any atom is 0.330 e. The third-order valence-corrected chi connectivity index (χ3v) is 4.68. The van der Waals surface area contributed by atoms with E-state index in [-0.39, 0.29) is 10.9 Å². The summed E-state index contributed by atoms with van der Waals surface area (Å²) in [6, 6.07) is -1.27. The molecule has 0 unspecified atom stereocenters. The van der Waals surface area contributed by atoms with Gasteiger partial charge in [0.05, 0.1) is 11.0 Å². The van der Waals surface area contributed by atoms with Crippen molar-refractivity contribution in [1.29, 1.82) is 0 Å². The van der Waals surface area contributed by atoms with Gasteiger partial charge in [0.25, 0.3) is 11.4 Å². The molecule has 1 aliphatic rings. The number of alkyl halides is 1. The maximum absolute atomic E-state index is 15.6. The molecule has 30 heavy (non-hydrogen) atoms. The summed E-state index contributed by atoms with van der Waals surface area (Å²) in [6.45, 7) is 3.10. The summed E-state index contributed by atoms with van der Waals surface area (Å²) in [5.74, 6) is -5.47. The van der Waals surface area contributed by atoms with E-state index >= 15 is 4.39 Å². The van der Waals surface area contributed by atoms with E-state index in [1.54, 1.807) is 18.8 Å². The number of ether oxygens (including phenoxy) is 2. The standard InChI is InChI=1S/C15H17B3FN3O8/c1-5(2)7(20)11(27)29-15(17,18)13(19)8(24)9(25)14(16,30-13)22-3-6(4-23)10(26)21-12(22)28/h3-5,7-9,24-25H,20H2,1-2H3,(H,21,26,28)/t7-,8-,9+,13-,14-/m0/s1. The lowest BCUT2D eigenvalue weighted by molar-refractivity contribution is -0.250. The van der Waals surface area contributed by atoms with Crippen LogP contribution in [0.2, 0.25) is 0 Å². The number of rotatable bonds is 6. The van der Waals surface area contributed by atoms with Gasteiger partial charge in [0.1, 0.15) is 47.4 Å². The first-order valence-electron chi connectivity index (χ1n) is 8.54. The summed E-state index contributed by atoms with van der Waals surface area (Å²) < 4.78 is 25.3. The van der Waals surface area contributed by atoms with Crippen LogP contribution in [0.15, 0.2) is 15.8 Å². The summed E-state index contributed by atoms with van der Waals surface area (Å²) >= 11 is 0. The number of hydrogen-bond acceptors (Lipinski definition) is 9. The molecule has 0 aromatic carbocycles. The highest BCUT2D eigenvalue weighted by molar-refractivity contribution is 6.40. The van der Waals surface area contributed by atoms with Crippen LogP contribution in [-0.2, 0) is 19.9 Å². The Balaban J connectivity index is 2.51. The molecule has 0 amide bonds. The molecule has 1 aliphatic heterocycles. The van der Waals surface area contributed by atoms with Crippen molar-refractivity contribution in [3.8, 4) is 0 Å². The number of halogens is 1. The molecule has 11 nitrogen and oxygen atoms in total. The van der Waals surface area contributed by atoms with Gasteiger partial charge in [0, 0.05) is 6.20 Å². The van der Waals surface area contributed by atoms with E-state index < -0.39 is 63.8 Å². The third kappa shape index (κ3) is 3.66. The summed E-state index contributed by atoms with van der Waals surface area (Å²) in [7, 11) is 16.8. The lowest BCUT2D eigenvalue weighted by Crippen LogP contribution is -2.62. The number of nitrogens with two attached hydrogens (primary N) is 1. The number of hydrogen-bond donors (Lipinski definition) is 4. The fourth-order valence-electron chi connectivity index (χ4n) is 2.70. The quantitative estimate of drug-likeness (QED) is 0.204. The van der Waals surface area contributed by atoms with Crippen molar-refractivity contribution >= 4 is 35.8 Å². The number of nitrogens with zero attached hydrogens (tertiary/aromatic N) is 1. The van der Waals surface area contributed by atoms with Gasteiger partial charge in [-0.05, 0) is 5.92 Å². The number of aliphatic hydroxyl groups excluding tert-OH is 2. The molecule has 1 fully saturated rings. The van der Waals surface area contributed by atoms with Crippen molar-refractivity contribution in [1.82, 2.24) is 9.55 Å². The van der Waals surface area contributed by atoms with Crippen LogP contribution in [0.4, 0.5) is 4.39 Å². The van der Waals surface area contributed by atoms with Crippen molar-refractivity contribution in [2.24, 2.45) is 11.7 Å². The van der Waals surface area contributed by atoms with Crippen LogP contribution in [0.25, 0.3) is 0 Å². The number of aliphatic hydroxyl groups is 2. The van der Waals surface area contributed by atoms with E-state index in [9.17, 15) is 29.4 Å². The largest absolute Gasteiger partial charge is 0.473 e. The molecule has 156 valence electrons. The molecule has 0 aliphatic carbocycles. The first kappa shape index (κ1) is 24.1. The monoisotopic (exact) mass is 419 g/mol. The van der Waals surface area contributed by atoms with Crippen molar-refractivity contribution in [3.63, 3.8) is 0 Å². The number of H-pyrrole nitrogens is 1. The molecular formula is C15H17B3FN3O8. The van der Waals surface area contributed by atoms with E-state index in [1.165, 1.54) is 0 Å². The zero-order valence-electron chi connectivity index (χ0n) is 15.9. The first-order valence-corrected chi connectivity index (χ1v) is 8.54. The van der Waals surface area contributed by atoms with Crippen molar-refractivity contribution < 1.29 is 33.7 Å². The third-order valence-electron chi connectivity index (χ3n) is 4.68. The highest BCUT2D eigenvalue weighted by Gasteiger charge is 2.68. The average Bonchev–Trinajstić information content (AvgIpc) is 2.82. The Morgan fingerprint density at radius 1 is 1.43 bits per heavy atom. The average molecular weight is 419 g/mol. The normalized spacial score (nSPS) is 30.2. The molecule has 0 saturated carbocycles. The van der Waals surface area contributed by atoms with Crippen LogP contribution in [-0.4, -0.2) is 85.1 Å². The van der Waals surface area contributed by atoms with Gasteiger partial charge >= 0.3 is 11.7 Å². The van der Waals surface area contributed by atoms with Gasteiger partial charge < -0.3 is 25.4 Å². The smallest absolute Gasteiger partial charge is 0.330 e. The Morgan fingerprint density at radius 2 is 2.00 bits per heavy atom. The Morgan fingerprint density at radius 3 is 2.50 bits per heavy atom. The van der Waals surface area contributed by atoms with Crippen molar-refractivity contribution in [2.75, 3.05) is 0 Å². The predicted octanol–water partition coefficient (Wildman–Crippen LogP) is -3.94. The number of carbonyl (C=O) groups excluding carboxylic acids is 2. The summed E-state index contributed by atoms with van der Waals surface area (Å²) in [5.41, 5.74) is -0.411. The molecule has 15 heteroatoms. The molecule has 2 rings (SSSR count). The molecule has 0 spiro atoms. The molecule has 1 saturated heterocycles. The Bertz CT molecular complexity index is 969. The Kier molecular flexibility index (Phi) is 6.25. The van der Waals surface area contributed by atoms with Crippen LogP contribution < -0.4 is 17.0 Å². The van der Waals surface area contributed by atoms with E-state index in [0.717, 1.165) is 0 Å². The highest BCUT2D eigenvalue weighted by atomic mass is 19.2. The van der Waals surface area contributed by atoms with Gasteiger partial charge in [-0.15, -0.1) is 0 Å². The topological polar surface area (TPSA) is 174 Å². The van der Waals surface area contributed by atoms with Gasteiger partial charge in [-0.3, -0.25) is 23.9 Å². The summed E-state index contributed by atoms with van der Waals surface area (Å²) in [6.07, 6.45) is -4.48. The van der Waals surface area contributed by atoms with Crippen molar-refractivity contribution in [2.45, 2.75) is 49.0 Å². The predicted molar refractivity (Wildman–Crippen MR) is 101 cm³/mol. The highest BCUT2D eigenvalue weighted by Crippen LogP contribution is 2.45. The molecule has 2 heterocycles. The van der Waals surface area contributed by atoms with Gasteiger partial charge in [-0.2, -0.15) is 0 Å². The summed E-state index contributed by atoms with van der Waals surface area (Å²) in [5, 5.41) is 17.3. The van der Waals surface area contributed by atoms with Gasteiger partial charge in [0.2, 0.25) is 0 Å². The minimum atomic E-state index is -3.76. The van der Waals surface area contributed by atoms with E-state index in [4.69, 9.17) is 34.0 Å². The molecule has 0 bridgehead atoms. The fourth-order valence-corrected chi connectivity index (χ4v) is 2.70. The van der Waals surface area contributed by atoms with Crippen molar-refractivity contribution in [3.05, 3.63) is 32.6 Å². The number of aldehydes is 1. The second-order valence-electron chi connectivity index (χ2n) is 7.20. The molecule has 5 atom stereocenters. The number of aromatic amines is 1. The molecule has 1 aromatic rings. The van der Waals surface area contributed by atoms with Crippen LogP contribution in [0, 0.1) is 5.92 Å². The Hall–Kier alpha value is -2.22. The number of aromatic nitrogens is 2. The number of nitrogens with one attached hydrogen (secondary N) is 1. The van der Waals surface area contributed by atoms with Gasteiger partial charge in [-0.25, -0.2) is 9.18 Å². The van der Waals surface area contributed by atoms with Gasteiger partial charge in [0.15, 0.2) is 6.29 Å². The van der Waals surface area contributed by atoms with Crippen LogP contribution >= 0.6 is 0 Å². The maximum atomic E-state index is 15.6. The lowest BCUT2D eigenvalue weighted by atomic mass is 9.59. The minimum absolute atomic E-state index is 0.0455. The molecular weight excluding hydrogens is 402 g/mol. The minimum Gasteiger partial charge on any atom is -0.473 e. The van der Waals surface area contributed by atoms with Crippen LogP contribution in [0.5, 0.6) is 0 Å². The van der Waals surface area contributed by atoms with Gasteiger partial charge in [-0.1, -0.05) is 13.8 Å². The molecule has 1 aromatic heterocycles. The van der Waals surface area contributed by atoms with E-state index in [2.05, 4.69) is 4.74 Å². The fraction of sp³-hybridized carbons (Fsp3) is 0.600. The SMILES string of the molecule is [B]C([B])(OC(=O)[C@@H](N)C(C)C)[C@@]1(F)O[C@@]([B])(n2cc(C=O)c(=O)[nH]c2=O)[C@H](O)[C@@H]1O. The van der Waals surface area contributed by atoms with Crippen LogP contribution in [0.1, 0.15) is 24.2 Å². The lowest BCUT2D eigenvalue weighted by Gasteiger charge is -2.41. The summed E-state index contributed by atoms with van der Waals surface area (Å²) in [4.78, 5) is 48.4. The number of esters is 1. The first-order chi connectivity index (χ1) is 13.6. The molecule has 5 N–H and O–H groups in total. The second-order valence-corrected chi connectivity index (χ2v) is 7.20.